The van der Waals surface area contributed by atoms with Gasteiger partial charge in [-0.2, -0.15) is 0 Å². The number of hydrogen-bond acceptors (Lipinski definition) is 5. The summed E-state index contributed by atoms with van der Waals surface area (Å²) in [6.45, 7) is 2.57. The van der Waals surface area contributed by atoms with Crippen LogP contribution in [-0.2, 0) is 9.59 Å². The fourth-order valence-corrected chi connectivity index (χ4v) is 5.75. The van der Waals surface area contributed by atoms with Gasteiger partial charge in [0.15, 0.2) is 0 Å². The Morgan fingerprint density at radius 2 is 1.69 bits per heavy atom. The lowest BCUT2D eigenvalue weighted by molar-refractivity contribution is -0.131. The SMILES string of the molecule is COc1ccccc1N1CCN(C(=O)CN2C(=O)/C(=C/c3cccc(Cl)c3)Sc3ccccc32)CC1. The maximum atomic E-state index is 13.5. The van der Waals surface area contributed by atoms with Gasteiger partial charge in [-0.15, -0.1) is 0 Å². The van der Waals surface area contributed by atoms with Crippen molar-refractivity contribution in [1.29, 1.82) is 0 Å². The number of carbonyl (C=O) groups is 2. The largest absolute Gasteiger partial charge is 0.495 e. The summed E-state index contributed by atoms with van der Waals surface area (Å²) in [6, 6.07) is 23.0. The fourth-order valence-electron chi connectivity index (χ4n) is 4.49. The quantitative estimate of drug-likeness (QED) is 0.435. The van der Waals surface area contributed by atoms with Crippen molar-refractivity contribution in [3.8, 4) is 5.75 Å². The molecule has 184 valence electrons. The van der Waals surface area contributed by atoms with Gasteiger partial charge >= 0.3 is 0 Å². The molecule has 0 unspecified atom stereocenters. The molecule has 2 heterocycles. The van der Waals surface area contributed by atoms with E-state index in [2.05, 4.69) is 4.90 Å². The van der Waals surface area contributed by atoms with Crippen LogP contribution in [0.3, 0.4) is 0 Å². The Morgan fingerprint density at radius 1 is 0.972 bits per heavy atom. The summed E-state index contributed by atoms with van der Waals surface area (Å²) in [5.74, 6) is 0.579. The van der Waals surface area contributed by atoms with Gasteiger partial charge in [0.1, 0.15) is 12.3 Å². The van der Waals surface area contributed by atoms with Crippen molar-refractivity contribution in [3.05, 3.63) is 88.3 Å². The molecule has 0 atom stereocenters. The number of amides is 2. The van der Waals surface area contributed by atoms with Crippen LogP contribution in [0.15, 0.2) is 82.6 Å². The maximum Gasteiger partial charge on any atom is 0.265 e. The van der Waals surface area contributed by atoms with E-state index in [1.807, 2.05) is 77.7 Å². The minimum atomic E-state index is -0.181. The van der Waals surface area contributed by atoms with Gasteiger partial charge in [-0.1, -0.05) is 59.8 Å². The average molecular weight is 520 g/mol. The van der Waals surface area contributed by atoms with Gasteiger partial charge in [-0.3, -0.25) is 14.5 Å². The molecular weight excluding hydrogens is 494 g/mol. The van der Waals surface area contributed by atoms with Crippen LogP contribution in [0.4, 0.5) is 11.4 Å². The van der Waals surface area contributed by atoms with Crippen LogP contribution in [-0.4, -0.2) is 56.5 Å². The zero-order valence-corrected chi connectivity index (χ0v) is 21.5. The Balaban J connectivity index is 1.32. The summed E-state index contributed by atoms with van der Waals surface area (Å²) in [5, 5.41) is 0.609. The van der Waals surface area contributed by atoms with Gasteiger partial charge in [0.05, 0.1) is 23.4 Å². The summed E-state index contributed by atoms with van der Waals surface area (Å²) in [4.78, 5) is 34.0. The summed E-state index contributed by atoms with van der Waals surface area (Å²) in [7, 11) is 1.67. The van der Waals surface area contributed by atoms with Gasteiger partial charge < -0.3 is 14.5 Å². The minimum absolute atomic E-state index is 0.00203. The van der Waals surface area contributed by atoms with Crippen LogP contribution in [0.5, 0.6) is 5.75 Å². The smallest absolute Gasteiger partial charge is 0.265 e. The number of nitrogens with zero attached hydrogens (tertiary/aromatic N) is 3. The Hall–Kier alpha value is -3.42. The lowest BCUT2D eigenvalue weighted by Gasteiger charge is -2.38. The Morgan fingerprint density at radius 3 is 2.44 bits per heavy atom. The number of rotatable bonds is 5. The van der Waals surface area contributed by atoms with E-state index in [4.69, 9.17) is 16.3 Å². The van der Waals surface area contributed by atoms with Crippen molar-refractivity contribution in [2.45, 2.75) is 4.90 Å². The number of anilines is 2. The standard InChI is InChI=1S/C28H26ClN3O3S/c1-35-24-11-4-2-9-22(24)30-13-15-31(16-14-30)27(33)19-32-23-10-3-5-12-25(23)36-26(28(32)34)18-20-7-6-8-21(29)17-20/h2-12,17-18H,13-16,19H2,1H3/b26-18-. The van der Waals surface area contributed by atoms with Crippen molar-refractivity contribution in [2.24, 2.45) is 0 Å². The van der Waals surface area contributed by atoms with E-state index in [-0.39, 0.29) is 18.4 Å². The highest BCUT2D eigenvalue weighted by Crippen LogP contribution is 2.42. The molecule has 0 radical (unpaired) electrons. The summed E-state index contributed by atoms with van der Waals surface area (Å²) in [6.07, 6.45) is 1.83. The topological polar surface area (TPSA) is 53.1 Å². The molecule has 0 saturated carbocycles. The molecule has 0 aliphatic carbocycles. The fraction of sp³-hybridized carbons (Fsp3) is 0.214. The molecule has 0 N–H and O–H groups in total. The molecule has 0 spiro atoms. The van der Waals surface area contributed by atoms with E-state index < -0.39 is 0 Å². The predicted molar refractivity (Wildman–Crippen MR) is 146 cm³/mol. The summed E-state index contributed by atoms with van der Waals surface area (Å²) >= 11 is 7.55. The van der Waals surface area contributed by atoms with Crippen LogP contribution >= 0.6 is 23.4 Å². The molecular formula is C28H26ClN3O3S. The van der Waals surface area contributed by atoms with Gasteiger partial charge in [0.2, 0.25) is 5.91 Å². The normalized spacial score (nSPS) is 16.8. The third-order valence-electron chi connectivity index (χ3n) is 6.33. The number of halogens is 1. The molecule has 3 aromatic carbocycles. The van der Waals surface area contributed by atoms with Crippen molar-refractivity contribution < 1.29 is 14.3 Å². The average Bonchev–Trinajstić information content (AvgIpc) is 2.91. The molecule has 0 bridgehead atoms. The van der Waals surface area contributed by atoms with Gasteiger partial charge in [-0.05, 0) is 48.0 Å². The molecule has 1 saturated heterocycles. The first-order valence-corrected chi connectivity index (χ1v) is 12.9. The van der Waals surface area contributed by atoms with Crippen molar-refractivity contribution >= 4 is 52.6 Å². The third-order valence-corrected chi connectivity index (χ3v) is 7.64. The van der Waals surface area contributed by atoms with Crippen molar-refractivity contribution in [3.63, 3.8) is 0 Å². The predicted octanol–water partition coefficient (Wildman–Crippen LogP) is 5.18. The second-order valence-corrected chi connectivity index (χ2v) is 10.1. The molecule has 2 amide bonds. The monoisotopic (exact) mass is 519 g/mol. The number of ether oxygens (including phenoxy) is 1. The Bertz CT molecular complexity index is 1320. The maximum absolute atomic E-state index is 13.5. The van der Waals surface area contributed by atoms with Crippen molar-refractivity contribution in [2.75, 3.05) is 49.6 Å². The molecule has 3 aromatic rings. The number of piperazine rings is 1. The number of methoxy groups -OCH3 is 1. The lowest BCUT2D eigenvalue weighted by Crippen LogP contribution is -2.52. The first-order chi connectivity index (χ1) is 17.5. The number of benzene rings is 3. The van der Waals surface area contributed by atoms with Gasteiger partial charge in [0, 0.05) is 36.1 Å². The van der Waals surface area contributed by atoms with E-state index in [0.717, 1.165) is 27.6 Å². The van der Waals surface area contributed by atoms with E-state index >= 15 is 0 Å². The summed E-state index contributed by atoms with van der Waals surface area (Å²) in [5.41, 5.74) is 2.63. The lowest BCUT2D eigenvalue weighted by atomic mass is 10.2. The number of carbonyl (C=O) groups excluding carboxylic acids is 2. The zero-order valence-electron chi connectivity index (χ0n) is 19.9. The van der Waals surface area contributed by atoms with Gasteiger partial charge in [-0.25, -0.2) is 0 Å². The number of hydrogen-bond donors (Lipinski definition) is 0. The second kappa shape index (κ2) is 10.7. The highest BCUT2D eigenvalue weighted by atomic mass is 35.5. The molecule has 6 nitrogen and oxygen atoms in total. The summed E-state index contributed by atoms with van der Waals surface area (Å²) < 4.78 is 5.50. The van der Waals surface area contributed by atoms with Crippen LogP contribution in [0.25, 0.3) is 6.08 Å². The van der Waals surface area contributed by atoms with Crippen molar-refractivity contribution in [1.82, 2.24) is 4.90 Å². The molecule has 2 aliphatic rings. The van der Waals surface area contributed by atoms with Gasteiger partial charge in [0.25, 0.3) is 5.91 Å². The second-order valence-electron chi connectivity index (χ2n) is 8.56. The molecule has 1 fully saturated rings. The number of thioether (sulfide) groups is 1. The number of fused-ring (bicyclic) bond motifs is 1. The highest BCUT2D eigenvalue weighted by Gasteiger charge is 2.32. The van der Waals surface area contributed by atoms with Crippen LogP contribution in [0, 0.1) is 0 Å². The Labute approximate surface area is 220 Å². The number of para-hydroxylation sites is 3. The van der Waals surface area contributed by atoms with E-state index in [0.29, 0.717) is 36.1 Å². The van der Waals surface area contributed by atoms with Crippen LogP contribution in [0.2, 0.25) is 5.02 Å². The molecule has 36 heavy (non-hydrogen) atoms. The van der Waals surface area contributed by atoms with E-state index in [1.165, 1.54) is 11.8 Å². The molecule has 0 aromatic heterocycles. The zero-order chi connectivity index (χ0) is 25.1. The van der Waals surface area contributed by atoms with Crippen LogP contribution < -0.4 is 14.5 Å². The van der Waals surface area contributed by atoms with E-state index in [1.54, 1.807) is 18.1 Å². The molecule has 8 heteroatoms. The highest BCUT2D eigenvalue weighted by molar-refractivity contribution is 8.04. The first-order valence-electron chi connectivity index (χ1n) is 11.8. The van der Waals surface area contributed by atoms with Crippen LogP contribution in [0.1, 0.15) is 5.56 Å². The Kier molecular flexibility index (Phi) is 7.20. The minimum Gasteiger partial charge on any atom is -0.495 e. The molecule has 2 aliphatic heterocycles. The first kappa shape index (κ1) is 24.3. The third kappa shape index (κ3) is 5.08. The van der Waals surface area contributed by atoms with E-state index in [9.17, 15) is 9.59 Å². The molecule has 5 rings (SSSR count).